The summed E-state index contributed by atoms with van der Waals surface area (Å²) in [5.41, 5.74) is 8.21. The van der Waals surface area contributed by atoms with Crippen LogP contribution in [0.2, 0.25) is 0 Å². The second-order valence-corrected chi connectivity index (χ2v) is 4.98. The average molecular weight is 286 g/mol. The first-order chi connectivity index (χ1) is 10.1. The second-order valence-electron chi connectivity index (χ2n) is 4.98. The second kappa shape index (κ2) is 6.43. The van der Waals surface area contributed by atoms with E-state index in [1.54, 1.807) is 11.1 Å². The molecule has 0 spiro atoms. The van der Waals surface area contributed by atoms with Gasteiger partial charge in [-0.25, -0.2) is 0 Å². The van der Waals surface area contributed by atoms with Crippen LogP contribution in [0.5, 0.6) is 0 Å². The summed E-state index contributed by atoms with van der Waals surface area (Å²) in [5, 5.41) is 4.17. The maximum absolute atomic E-state index is 12.4. The van der Waals surface area contributed by atoms with Crippen LogP contribution in [0.15, 0.2) is 30.5 Å². The van der Waals surface area contributed by atoms with Gasteiger partial charge in [-0.05, 0) is 26.8 Å². The molecule has 3 N–H and O–H groups in total. The van der Waals surface area contributed by atoms with Crippen molar-refractivity contribution in [2.45, 2.75) is 26.8 Å². The lowest BCUT2D eigenvalue weighted by atomic mass is 10.1. The van der Waals surface area contributed by atoms with Gasteiger partial charge in [-0.1, -0.05) is 18.2 Å². The normalized spacial score (nSPS) is 12.1. The van der Waals surface area contributed by atoms with E-state index in [2.05, 4.69) is 10.3 Å². The number of nitrogens with one attached hydrogen (secondary N) is 1. The summed E-state index contributed by atoms with van der Waals surface area (Å²) >= 11 is 0. The van der Waals surface area contributed by atoms with Gasteiger partial charge in [0.25, 0.3) is 0 Å². The molecule has 1 atom stereocenters. The van der Waals surface area contributed by atoms with Crippen molar-refractivity contribution in [2.24, 2.45) is 0 Å². The Morgan fingerprint density at radius 2 is 2.00 bits per heavy atom. The van der Waals surface area contributed by atoms with E-state index >= 15 is 0 Å². The number of carbonyl (C=O) groups is 1. The van der Waals surface area contributed by atoms with E-state index in [0.29, 0.717) is 18.8 Å². The monoisotopic (exact) mass is 286 g/mol. The van der Waals surface area contributed by atoms with Gasteiger partial charge in [0.2, 0.25) is 5.91 Å². The van der Waals surface area contributed by atoms with Crippen LogP contribution in [0.3, 0.4) is 0 Å². The van der Waals surface area contributed by atoms with E-state index in [1.807, 2.05) is 45.0 Å². The van der Waals surface area contributed by atoms with Gasteiger partial charge in [0, 0.05) is 18.5 Å². The number of nitrogens with two attached hydrogens (primary N) is 1. The molecule has 5 heteroatoms. The predicted molar refractivity (Wildman–Crippen MR) is 87.2 cm³/mol. The topological polar surface area (TPSA) is 71.2 Å². The van der Waals surface area contributed by atoms with Gasteiger partial charge in [-0.2, -0.15) is 0 Å². The van der Waals surface area contributed by atoms with Gasteiger partial charge < -0.3 is 16.0 Å². The molecule has 112 valence electrons. The Labute approximate surface area is 125 Å². The largest absolute Gasteiger partial charge is 0.396 e. The van der Waals surface area contributed by atoms with Gasteiger partial charge in [-0.3, -0.25) is 9.78 Å². The van der Waals surface area contributed by atoms with Crippen LogP contribution in [0.1, 0.15) is 20.8 Å². The van der Waals surface area contributed by atoms with Gasteiger partial charge in [0.05, 0.1) is 23.1 Å². The molecule has 0 aliphatic heterocycles. The lowest BCUT2D eigenvalue weighted by Gasteiger charge is -2.25. The average Bonchev–Trinajstić information content (AvgIpc) is 2.51. The van der Waals surface area contributed by atoms with Gasteiger partial charge >= 0.3 is 0 Å². The van der Waals surface area contributed by atoms with E-state index in [4.69, 9.17) is 5.73 Å². The van der Waals surface area contributed by atoms with Crippen LogP contribution < -0.4 is 11.1 Å². The Hall–Kier alpha value is -2.30. The predicted octanol–water partition coefficient (Wildman–Crippen LogP) is 2.49. The third kappa shape index (κ3) is 3.07. The van der Waals surface area contributed by atoms with E-state index in [0.717, 1.165) is 16.6 Å². The standard InChI is InChI=1S/C16H22N4O/c1-4-20(5-2)16(21)11(3)19-15-12-8-6-7-9-14(12)18-10-13(15)17/h6-11H,4-5,17H2,1-3H3,(H,18,19). The van der Waals surface area contributed by atoms with Gasteiger partial charge in [0.15, 0.2) is 0 Å². The molecule has 5 nitrogen and oxygen atoms in total. The maximum atomic E-state index is 12.4. The number of fused-ring (bicyclic) bond motifs is 1. The van der Waals surface area contributed by atoms with E-state index in [1.165, 1.54) is 0 Å². The number of likely N-dealkylation sites (N-methyl/N-ethyl adjacent to an activating group) is 1. The first kappa shape index (κ1) is 15.1. The number of pyridine rings is 1. The highest BCUT2D eigenvalue weighted by molar-refractivity contribution is 5.98. The molecule has 0 radical (unpaired) electrons. The Morgan fingerprint density at radius 3 is 2.67 bits per heavy atom. The van der Waals surface area contributed by atoms with Crippen LogP contribution >= 0.6 is 0 Å². The zero-order valence-corrected chi connectivity index (χ0v) is 12.8. The van der Waals surface area contributed by atoms with Crippen LogP contribution in [-0.4, -0.2) is 34.9 Å². The number of amides is 1. The smallest absolute Gasteiger partial charge is 0.244 e. The number of carbonyl (C=O) groups excluding carboxylic acids is 1. The Balaban J connectivity index is 2.31. The van der Waals surface area contributed by atoms with Gasteiger partial charge in [-0.15, -0.1) is 0 Å². The van der Waals surface area contributed by atoms with E-state index in [9.17, 15) is 4.79 Å². The molecule has 1 aromatic heterocycles. The van der Waals surface area contributed by atoms with E-state index in [-0.39, 0.29) is 11.9 Å². The molecule has 2 rings (SSSR count). The van der Waals surface area contributed by atoms with Crippen LogP contribution in [0.25, 0.3) is 10.9 Å². The number of nitrogen functional groups attached to an aromatic ring is 1. The fourth-order valence-corrected chi connectivity index (χ4v) is 2.41. The number of hydrogen-bond acceptors (Lipinski definition) is 4. The quantitative estimate of drug-likeness (QED) is 0.886. The first-order valence-corrected chi connectivity index (χ1v) is 7.27. The fourth-order valence-electron chi connectivity index (χ4n) is 2.41. The minimum Gasteiger partial charge on any atom is -0.396 e. The highest BCUT2D eigenvalue weighted by Gasteiger charge is 2.19. The van der Waals surface area contributed by atoms with Crippen molar-refractivity contribution in [3.8, 4) is 0 Å². The maximum Gasteiger partial charge on any atom is 0.244 e. The van der Waals surface area contributed by atoms with Crippen LogP contribution in [-0.2, 0) is 4.79 Å². The number of anilines is 2. The molecule has 0 aliphatic rings. The van der Waals surface area contributed by atoms with Crippen molar-refractivity contribution in [3.05, 3.63) is 30.5 Å². The van der Waals surface area contributed by atoms with Crippen LogP contribution in [0.4, 0.5) is 11.4 Å². The molecule has 0 fully saturated rings. The van der Waals surface area contributed by atoms with Gasteiger partial charge in [0.1, 0.15) is 6.04 Å². The SMILES string of the molecule is CCN(CC)C(=O)C(C)Nc1c(N)cnc2ccccc12. The van der Waals surface area contributed by atoms with Crippen LogP contribution in [0, 0.1) is 0 Å². The number of rotatable bonds is 5. The summed E-state index contributed by atoms with van der Waals surface area (Å²) in [7, 11) is 0. The Bertz CT molecular complexity index is 637. The zero-order chi connectivity index (χ0) is 15.4. The van der Waals surface area contributed by atoms with Crippen molar-refractivity contribution < 1.29 is 4.79 Å². The summed E-state index contributed by atoms with van der Waals surface area (Å²) in [6.07, 6.45) is 1.62. The Morgan fingerprint density at radius 1 is 1.33 bits per heavy atom. The number of aromatic nitrogens is 1. The highest BCUT2D eigenvalue weighted by atomic mass is 16.2. The summed E-state index contributed by atoms with van der Waals surface area (Å²) < 4.78 is 0. The number of benzene rings is 1. The molecule has 1 amide bonds. The van der Waals surface area contributed by atoms with Crippen molar-refractivity contribution in [2.75, 3.05) is 24.1 Å². The third-order valence-corrected chi connectivity index (χ3v) is 3.61. The molecule has 1 aromatic carbocycles. The number of para-hydroxylation sites is 1. The number of hydrogen-bond donors (Lipinski definition) is 2. The molecule has 0 saturated carbocycles. The minimum absolute atomic E-state index is 0.0697. The molecule has 1 heterocycles. The highest BCUT2D eigenvalue weighted by Crippen LogP contribution is 2.28. The summed E-state index contributed by atoms with van der Waals surface area (Å²) in [6.45, 7) is 7.21. The summed E-state index contributed by atoms with van der Waals surface area (Å²) in [6, 6.07) is 7.41. The first-order valence-electron chi connectivity index (χ1n) is 7.27. The molecular formula is C16H22N4O. The molecule has 21 heavy (non-hydrogen) atoms. The Kier molecular flexibility index (Phi) is 4.62. The van der Waals surface area contributed by atoms with Crippen molar-refractivity contribution in [1.82, 2.24) is 9.88 Å². The lowest BCUT2D eigenvalue weighted by molar-refractivity contribution is -0.131. The lowest BCUT2D eigenvalue weighted by Crippen LogP contribution is -2.41. The molecule has 0 saturated heterocycles. The summed E-state index contributed by atoms with van der Waals surface area (Å²) in [4.78, 5) is 18.5. The fraction of sp³-hybridized carbons (Fsp3) is 0.375. The molecular weight excluding hydrogens is 264 g/mol. The zero-order valence-electron chi connectivity index (χ0n) is 12.8. The van der Waals surface area contributed by atoms with E-state index < -0.39 is 0 Å². The molecule has 2 aromatic rings. The molecule has 0 bridgehead atoms. The minimum atomic E-state index is -0.335. The molecule has 0 aliphatic carbocycles. The van der Waals surface area contributed by atoms with Crippen molar-refractivity contribution in [1.29, 1.82) is 0 Å². The summed E-state index contributed by atoms with van der Waals surface area (Å²) in [5.74, 6) is 0.0697. The third-order valence-electron chi connectivity index (χ3n) is 3.61. The van der Waals surface area contributed by atoms with Crippen molar-refractivity contribution in [3.63, 3.8) is 0 Å². The van der Waals surface area contributed by atoms with Crippen molar-refractivity contribution >= 4 is 28.2 Å². The molecule has 1 unspecified atom stereocenters. The number of nitrogens with zero attached hydrogens (tertiary/aromatic N) is 2.